The third-order valence-electron chi connectivity index (χ3n) is 4.06. The molecule has 130 valence electrons. The molecule has 0 aliphatic rings. The van der Waals surface area contributed by atoms with E-state index in [0.717, 1.165) is 16.9 Å². The predicted molar refractivity (Wildman–Crippen MR) is 101 cm³/mol. The highest BCUT2D eigenvalue weighted by Crippen LogP contribution is 2.30. The zero-order chi connectivity index (χ0) is 17.9. The van der Waals surface area contributed by atoms with Gasteiger partial charge in [-0.25, -0.2) is 9.37 Å². The summed E-state index contributed by atoms with van der Waals surface area (Å²) >= 11 is 1.41. The van der Waals surface area contributed by atoms with E-state index in [4.69, 9.17) is 4.74 Å². The van der Waals surface area contributed by atoms with Crippen LogP contribution >= 0.6 is 11.3 Å². The largest absolute Gasteiger partial charge is 0.492 e. The number of aromatic nitrogens is 2. The molecule has 0 spiro atoms. The van der Waals surface area contributed by atoms with Crippen LogP contribution in [0.2, 0.25) is 0 Å². The number of thiophene rings is 1. The van der Waals surface area contributed by atoms with Crippen LogP contribution in [0.3, 0.4) is 0 Å². The van der Waals surface area contributed by atoms with Crippen LogP contribution < -0.4 is 10.3 Å². The van der Waals surface area contributed by atoms with Crippen molar-refractivity contribution in [2.45, 2.75) is 6.54 Å². The molecule has 0 radical (unpaired) electrons. The molecule has 0 N–H and O–H groups in total. The lowest BCUT2D eigenvalue weighted by molar-refractivity contribution is 0.296. The molecular weight excluding hydrogens is 351 g/mol. The molecule has 6 heteroatoms. The standard InChI is InChI=1S/C20H15FN2O2S/c21-15-8-6-14(7-9-15)17-12-26-19-18(17)20(24)23(13-22-19)10-11-25-16-4-2-1-3-5-16/h1-9,12-13H,10-11H2. The average molecular weight is 366 g/mol. The molecule has 0 unspecified atom stereocenters. The molecule has 0 amide bonds. The molecule has 0 saturated heterocycles. The summed E-state index contributed by atoms with van der Waals surface area (Å²) < 4.78 is 20.4. The van der Waals surface area contributed by atoms with Gasteiger partial charge in [0.15, 0.2) is 0 Å². The Morgan fingerprint density at radius 2 is 1.85 bits per heavy atom. The van der Waals surface area contributed by atoms with E-state index in [-0.39, 0.29) is 11.4 Å². The molecule has 0 saturated carbocycles. The van der Waals surface area contributed by atoms with Gasteiger partial charge in [0.2, 0.25) is 0 Å². The smallest absolute Gasteiger partial charge is 0.262 e. The van der Waals surface area contributed by atoms with Crippen molar-refractivity contribution in [2.75, 3.05) is 6.61 Å². The molecule has 0 fully saturated rings. The van der Waals surface area contributed by atoms with Crippen molar-refractivity contribution >= 4 is 21.6 Å². The van der Waals surface area contributed by atoms with Gasteiger partial charge in [0.05, 0.1) is 18.3 Å². The van der Waals surface area contributed by atoms with Gasteiger partial charge < -0.3 is 4.74 Å². The van der Waals surface area contributed by atoms with Crippen LogP contribution in [0.4, 0.5) is 4.39 Å². The van der Waals surface area contributed by atoms with E-state index in [1.807, 2.05) is 35.7 Å². The zero-order valence-electron chi connectivity index (χ0n) is 13.8. The van der Waals surface area contributed by atoms with Crippen LogP contribution in [-0.2, 0) is 6.54 Å². The number of nitrogens with zero attached hydrogens (tertiary/aromatic N) is 2. The lowest BCUT2D eigenvalue weighted by atomic mass is 10.1. The van der Waals surface area contributed by atoms with Crippen molar-refractivity contribution in [1.29, 1.82) is 0 Å². The van der Waals surface area contributed by atoms with E-state index in [0.29, 0.717) is 23.4 Å². The number of ether oxygens (including phenoxy) is 1. The minimum absolute atomic E-state index is 0.118. The predicted octanol–water partition coefficient (Wildman–Crippen LogP) is 4.34. The SMILES string of the molecule is O=c1c2c(-c3ccc(F)cc3)csc2ncn1CCOc1ccccc1. The van der Waals surface area contributed by atoms with Gasteiger partial charge in [-0.3, -0.25) is 9.36 Å². The number of benzene rings is 2. The fourth-order valence-corrected chi connectivity index (χ4v) is 3.65. The Labute approximate surface area is 153 Å². The number of hydrogen-bond acceptors (Lipinski definition) is 4. The first-order valence-electron chi connectivity index (χ1n) is 8.13. The maximum atomic E-state index is 13.2. The monoisotopic (exact) mass is 366 g/mol. The van der Waals surface area contributed by atoms with Crippen LogP contribution in [-0.4, -0.2) is 16.2 Å². The van der Waals surface area contributed by atoms with Gasteiger partial charge in [-0.2, -0.15) is 0 Å². The van der Waals surface area contributed by atoms with Gasteiger partial charge in [0.1, 0.15) is 23.0 Å². The molecule has 4 aromatic rings. The molecule has 0 aliphatic carbocycles. The van der Waals surface area contributed by atoms with E-state index in [1.165, 1.54) is 23.5 Å². The second kappa shape index (κ2) is 7.09. The van der Waals surface area contributed by atoms with Crippen molar-refractivity contribution in [3.05, 3.63) is 82.5 Å². The Balaban J connectivity index is 1.62. The molecule has 0 atom stereocenters. The number of halogens is 1. The molecule has 26 heavy (non-hydrogen) atoms. The third kappa shape index (κ3) is 3.23. The Bertz CT molecular complexity index is 1090. The summed E-state index contributed by atoms with van der Waals surface area (Å²) in [7, 11) is 0. The Morgan fingerprint density at radius 3 is 2.62 bits per heavy atom. The topological polar surface area (TPSA) is 44.1 Å². The van der Waals surface area contributed by atoms with Crippen molar-refractivity contribution in [1.82, 2.24) is 9.55 Å². The van der Waals surface area contributed by atoms with Crippen molar-refractivity contribution in [3.63, 3.8) is 0 Å². The van der Waals surface area contributed by atoms with Crippen LogP contribution in [0.15, 0.2) is 71.1 Å². The van der Waals surface area contributed by atoms with Crippen LogP contribution in [0, 0.1) is 5.82 Å². The zero-order valence-corrected chi connectivity index (χ0v) is 14.6. The lowest BCUT2D eigenvalue weighted by Crippen LogP contribution is -2.23. The Kier molecular flexibility index (Phi) is 4.50. The van der Waals surface area contributed by atoms with E-state index in [2.05, 4.69) is 4.98 Å². The molecule has 0 bridgehead atoms. The van der Waals surface area contributed by atoms with E-state index >= 15 is 0 Å². The summed E-state index contributed by atoms with van der Waals surface area (Å²) in [4.78, 5) is 18.0. The second-order valence-electron chi connectivity index (χ2n) is 5.74. The van der Waals surface area contributed by atoms with Gasteiger partial charge in [-0.05, 0) is 29.8 Å². The molecule has 4 rings (SSSR count). The molecule has 2 aromatic carbocycles. The summed E-state index contributed by atoms with van der Waals surface area (Å²) in [6, 6.07) is 15.6. The van der Waals surface area contributed by atoms with Crippen LogP contribution in [0.5, 0.6) is 5.75 Å². The Hall–Kier alpha value is -2.99. The Morgan fingerprint density at radius 1 is 1.08 bits per heavy atom. The van der Waals surface area contributed by atoms with Crippen molar-refractivity contribution < 1.29 is 9.13 Å². The fourth-order valence-electron chi connectivity index (χ4n) is 2.75. The second-order valence-corrected chi connectivity index (χ2v) is 6.60. The minimum Gasteiger partial charge on any atom is -0.492 e. The molecular formula is C20H15FN2O2S. The van der Waals surface area contributed by atoms with Gasteiger partial charge >= 0.3 is 0 Å². The number of hydrogen-bond donors (Lipinski definition) is 0. The summed E-state index contributed by atoms with van der Waals surface area (Å²) in [5.74, 6) is 0.457. The van der Waals surface area contributed by atoms with Crippen LogP contribution in [0.25, 0.3) is 21.3 Å². The van der Waals surface area contributed by atoms with Crippen molar-refractivity contribution in [3.8, 4) is 16.9 Å². The van der Waals surface area contributed by atoms with Crippen molar-refractivity contribution in [2.24, 2.45) is 0 Å². The maximum absolute atomic E-state index is 13.2. The minimum atomic E-state index is -0.304. The van der Waals surface area contributed by atoms with Gasteiger partial charge in [0, 0.05) is 10.9 Å². The first kappa shape index (κ1) is 16.5. The van der Waals surface area contributed by atoms with Gasteiger partial charge in [-0.1, -0.05) is 30.3 Å². The van der Waals surface area contributed by atoms with E-state index < -0.39 is 0 Å². The number of rotatable bonds is 5. The molecule has 2 heterocycles. The van der Waals surface area contributed by atoms with Gasteiger partial charge in [-0.15, -0.1) is 11.3 Å². The number of fused-ring (bicyclic) bond motifs is 1. The van der Waals surface area contributed by atoms with Crippen LogP contribution in [0.1, 0.15) is 0 Å². The van der Waals surface area contributed by atoms with E-state index in [1.54, 1.807) is 23.0 Å². The molecule has 4 nitrogen and oxygen atoms in total. The van der Waals surface area contributed by atoms with Gasteiger partial charge in [0.25, 0.3) is 5.56 Å². The molecule has 2 aromatic heterocycles. The summed E-state index contributed by atoms with van der Waals surface area (Å²) in [6.07, 6.45) is 1.55. The van der Waals surface area contributed by atoms with E-state index in [9.17, 15) is 9.18 Å². The first-order valence-corrected chi connectivity index (χ1v) is 9.01. The molecule has 0 aliphatic heterocycles. The average Bonchev–Trinajstić information content (AvgIpc) is 3.10. The normalized spacial score (nSPS) is 11.0. The summed E-state index contributed by atoms with van der Waals surface area (Å²) in [5, 5.41) is 2.45. The third-order valence-corrected chi connectivity index (χ3v) is 4.95. The summed E-state index contributed by atoms with van der Waals surface area (Å²) in [6.45, 7) is 0.766. The summed E-state index contributed by atoms with van der Waals surface area (Å²) in [5.41, 5.74) is 1.46. The lowest BCUT2D eigenvalue weighted by Gasteiger charge is -2.08. The highest BCUT2D eigenvalue weighted by Gasteiger charge is 2.13. The quantitative estimate of drug-likeness (QED) is 0.528. The maximum Gasteiger partial charge on any atom is 0.262 e. The number of para-hydroxylation sites is 1. The fraction of sp³-hybridized carbons (Fsp3) is 0.100. The first-order chi connectivity index (χ1) is 12.7. The highest BCUT2D eigenvalue weighted by molar-refractivity contribution is 7.17. The highest BCUT2D eigenvalue weighted by atomic mass is 32.1.